The molecule has 0 aliphatic carbocycles. The number of nitrogens with one attached hydrogen (secondary N) is 1. The molecule has 0 spiro atoms. The van der Waals surface area contributed by atoms with Gasteiger partial charge in [-0.25, -0.2) is 13.1 Å². The third kappa shape index (κ3) is 5.15. The molecular weight excluding hydrogens is 236 g/mol. The summed E-state index contributed by atoms with van der Waals surface area (Å²) in [6, 6.07) is 0. The highest BCUT2D eigenvalue weighted by Gasteiger charge is 2.21. The highest BCUT2D eigenvalue weighted by atomic mass is 35.5. The molecule has 1 heterocycles. The Labute approximate surface area is 97.0 Å². The highest BCUT2D eigenvalue weighted by Crippen LogP contribution is 2.13. The number of halogens is 1. The van der Waals surface area contributed by atoms with E-state index in [0.717, 1.165) is 19.5 Å². The van der Waals surface area contributed by atoms with Crippen molar-refractivity contribution in [1.29, 1.82) is 0 Å². The van der Waals surface area contributed by atoms with E-state index in [1.165, 1.54) is 0 Å². The van der Waals surface area contributed by atoms with Gasteiger partial charge in [-0.05, 0) is 32.4 Å². The molecule has 0 radical (unpaired) electrons. The van der Waals surface area contributed by atoms with Gasteiger partial charge in [-0.15, -0.1) is 11.6 Å². The Balaban J connectivity index is 2.24. The van der Waals surface area contributed by atoms with Crippen LogP contribution in [0.2, 0.25) is 0 Å². The van der Waals surface area contributed by atoms with Crippen LogP contribution in [0.25, 0.3) is 0 Å². The van der Waals surface area contributed by atoms with Crippen LogP contribution in [0.15, 0.2) is 0 Å². The molecule has 1 fully saturated rings. The summed E-state index contributed by atoms with van der Waals surface area (Å²) in [5, 5.41) is 0. The summed E-state index contributed by atoms with van der Waals surface area (Å²) in [6.45, 7) is 2.61. The van der Waals surface area contributed by atoms with Crippen molar-refractivity contribution in [3.8, 4) is 0 Å². The topological polar surface area (TPSA) is 49.4 Å². The van der Waals surface area contributed by atoms with Crippen LogP contribution in [0, 0.1) is 5.92 Å². The second kappa shape index (κ2) is 6.03. The van der Waals surface area contributed by atoms with Crippen molar-refractivity contribution in [2.75, 3.05) is 38.3 Å². The summed E-state index contributed by atoms with van der Waals surface area (Å²) in [7, 11) is -1.04. The summed E-state index contributed by atoms with van der Waals surface area (Å²) in [4.78, 5) is 2.22. The molecule has 1 aliphatic rings. The van der Waals surface area contributed by atoms with Gasteiger partial charge in [-0.1, -0.05) is 0 Å². The molecule has 0 amide bonds. The average molecular weight is 255 g/mol. The predicted molar refractivity (Wildman–Crippen MR) is 62.7 cm³/mol. The molecule has 1 saturated heterocycles. The van der Waals surface area contributed by atoms with Crippen LogP contribution in [-0.2, 0) is 10.0 Å². The third-order valence-corrected chi connectivity index (χ3v) is 4.33. The van der Waals surface area contributed by atoms with Gasteiger partial charge in [-0.3, -0.25) is 0 Å². The Hall–Kier alpha value is 0.160. The predicted octanol–water partition coefficient (Wildman–Crippen LogP) is 0.486. The lowest BCUT2D eigenvalue weighted by Gasteiger charge is -2.11. The Bertz CT molecular complexity index is 282. The van der Waals surface area contributed by atoms with Crippen molar-refractivity contribution in [2.24, 2.45) is 5.92 Å². The van der Waals surface area contributed by atoms with Gasteiger partial charge in [0.25, 0.3) is 0 Å². The number of rotatable bonds is 6. The molecule has 0 bridgehead atoms. The van der Waals surface area contributed by atoms with E-state index in [0.29, 0.717) is 24.8 Å². The Morgan fingerprint density at radius 3 is 2.80 bits per heavy atom. The van der Waals surface area contributed by atoms with Gasteiger partial charge in [0, 0.05) is 19.0 Å². The van der Waals surface area contributed by atoms with E-state index in [2.05, 4.69) is 16.7 Å². The van der Waals surface area contributed by atoms with Gasteiger partial charge in [0.2, 0.25) is 10.0 Å². The SMILES string of the molecule is CN1CCC(CNS(=O)(=O)CCCCl)C1. The molecule has 1 aliphatic heterocycles. The van der Waals surface area contributed by atoms with Crippen molar-refractivity contribution in [3.05, 3.63) is 0 Å². The van der Waals surface area contributed by atoms with Crippen molar-refractivity contribution < 1.29 is 8.42 Å². The third-order valence-electron chi connectivity index (χ3n) is 2.63. The molecule has 1 N–H and O–H groups in total. The smallest absolute Gasteiger partial charge is 0.211 e. The normalized spacial score (nSPS) is 23.5. The molecule has 6 heteroatoms. The molecule has 1 rings (SSSR count). The molecule has 1 atom stereocenters. The van der Waals surface area contributed by atoms with Crippen LogP contribution in [-0.4, -0.2) is 51.6 Å². The molecule has 0 aromatic rings. The van der Waals surface area contributed by atoms with E-state index in [-0.39, 0.29) is 5.75 Å². The van der Waals surface area contributed by atoms with Crippen LogP contribution < -0.4 is 4.72 Å². The Morgan fingerprint density at radius 1 is 1.53 bits per heavy atom. The molecule has 90 valence electrons. The lowest BCUT2D eigenvalue weighted by Crippen LogP contribution is -2.32. The van der Waals surface area contributed by atoms with E-state index in [4.69, 9.17) is 11.6 Å². The first kappa shape index (κ1) is 13.2. The lowest BCUT2D eigenvalue weighted by atomic mass is 10.1. The van der Waals surface area contributed by atoms with E-state index in [9.17, 15) is 8.42 Å². The number of sulfonamides is 1. The van der Waals surface area contributed by atoms with Crippen LogP contribution in [0.1, 0.15) is 12.8 Å². The number of likely N-dealkylation sites (tertiary alicyclic amines) is 1. The Kier molecular flexibility index (Phi) is 5.32. The molecule has 0 aromatic heterocycles. The molecule has 4 nitrogen and oxygen atoms in total. The van der Waals surface area contributed by atoms with Crippen molar-refractivity contribution in [1.82, 2.24) is 9.62 Å². The maximum absolute atomic E-state index is 11.4. The summed E-state index contributed by atoms with van der Waals surface area (Å²) < 4.78 is 25.5. The number of hydrogen-bond acceptors (Lipinski definition) is 3. The van der Waals surface area contributed by atoms with E-state index < -0.39 is 10.0 Å². The molecule has 0 aromatic carbocycles. The van der Waals surface area contributed by atoms with Crippen molar-refractivity contribution in [3.63, 3.8) is 0 Å². The van der Waals surface area contributed by atoms with Crippen LogP contribution in [0.4, 0.5) is 0 Å². The minimum atomic E-state index is -3.10. The molecule has 0 saturated carbocycles. The second-order valence-corrected chi connectivity index (χ2v) is 6.43. The zero-order chi connectivity index (χ0) is 11.3. The first-order valence-corrected chi connectivity index (χ1v) is 7.44. The number of hydrogen-bond donors (Lipinski definition) is 1. The van der Waals surface area contributed by atoms with Crippen LogP contribution in [0.3, 0.4) is 0 Å². The fraction of sp³-hybridized carbons (Fsp3) is 1.00. The molecule has 1 unspecified atom stereocenters. The zero-order valence-corrected chi connectivity index (χ0v) is 10.6. The first-order chi connectivity index (χ1) is 7.03. The molecule has 15 heavy (non-hydrogen) atoms. The Morgan fingerprint density at radius 2 is 2.27 bits per heavy atom. The average Bonchev–Trinajstić information content (AvgIpc) is 2.59. The number of alkyl halides is 1. The van der Waals surface area contributed by atoms with Gasteiger partial charge in [-0.2, -0.15) is 0 Å². The summed E-state index contributed by atoms with van der Waals surface area (Å²) in [6.07, 6.45) is 1.59. The second-order valence-electron chi connectivity index (χ2n) is 4.13. The van der Waals surface area contributed by atoms with Gasteiger partial charge in [0.05, 0.1) is 5.75 Å². The van der Waals surface area contributed by atoms with E-state index >= 15 is 0 Å². The zero-order valence-electron chi connectivity index (χ0n) is 9.08. The quantitative estimate of drug-likeness (QED) is 0.702. The maximum Gasteiger partial charge on any atom is 0.211 e. The van der Waals surface area contributed by atoms with Gasteiger partial charge < -0.3 is 4.90 Å². The van der Waals surface area contributed by atoms with E-state index in [1.54, 1.807) is 0 Å². The fourth-order valence-electron chi connectivity index (χ4n) is 1.75. The summed E-state index contributed by atoms with van der Waals surface area (Å²) in [5.74, 6) is 0.993. The van der Waals surface area contributed by atoms with Crippen molar-refractivity contribution in [2.45, 2.75) is 12.8 Å². The minimum Gasteiger partial charge on any atom is -0.306 e. The van der Waals surface area contributed by atoms with Gasteiger partial charge >= 0.3 is 0 Å². The van der Waals surface area contributed by atoms with Crippen molar-refractivity contribution >= 4 is 21.6 Å². The van der Waals surface area contributed by atoms with Gasteiger partial charge in [0.15, 0.2) is 0 Å². The summed E-state index contributed by atoms with van der Waals surface area (Å²) >= 11 is 5.46. The minimum absolute atomic E-state index is 0.138. The monoisotopic (exact) mass is 254 g/mol. The van der Waals surface area contributed by atoms with Crippen LogP contribution >= 0.6 is 11.6 Å². The molecular formula is C9H19ClN2O2S. The lowest BCUT2D eigenvalue weighted by molar-refractivity contribution is 0.394. The standard InChI is InChI=1S/C9H19ClN2O2S/c1-12-5-3-9(8-12)7-11-15(13,14)6-2-4-10/h9,11H,2-8H2,1H3. The first-order valence-electron chi connectivity index (χ1n) is 5.25. The number of nitrogens with zero attached hydrogens (tertiary/aromatic N) is 1. The van der Waals surface area contributed by atoms with E-state index in [1.807, 2.05) is 0 Å². The van der Waals surface area contributed by atoms with Crippen LogP contribution in [0.5, 0.6) is 0 Å². The fourth-order valence-corrected chi connectivity index (χ4v) is 3.20. The summed E-state index contributed by atoms with van der Waals surface area (Å²) in [5.41, 5.74) is 0. The highest BCUT2D eigenvalue weighted by molar-refractivity contribution is 7.89. The maximum atomic E-state index is 11.4. The largest absolute Gasteiger partial charge is 0.306 e. The van der Waals surface area contributed by atoms with Gasteiger partial charge in [0.1, 0.15) is 0 Å².